The van der Waals surface area contributed by atoms with Crippen LogP contribution in [0.5, 0.6) is 23.0 Å². The number of Topliss-reactive ketones (excluding diaryl/α,β-unsaturated/α-hetero) is 1. The highest BCUT2D eigenvalue weighted by Crippen LogP contribution is 2.53. The van der Waals surface area contributed by atoms with Gasteiger partial charge in [0, 0.05) is 74.1 Å². The number of rotatable bonds is 24. The summed E-state index contributed by atoms with van der Waals surface area (Å²) in [6.07, 6.45) is -6.43. The van der Waals surface area contributed by atoms with Crippen LogP contribution in [0.15, 0.2) is 70.8 Å². The number of oxime groups is 1. The molecule has 0 aromatic heterocycles. The van der Waals surface area contributed by atoms with Gasteiger partial charge >= 0.3 is 5.97 Å². The maximum absolute atomic E-state index is 14.5. The summed E-state index contributed by atoms with van der Waals surface area (Å²) in [5.41, 5.74) is 7.12. The fraction of sp³-hybridized carbons (Fsp3) is 0.439. The molecule has 10 atom stereocenters. The van der Waals surface area contributed by atoms with E-state index < -0.39 is 205 Å². The fourth-order valence-electron chi connectivity index (χ4n) is 12.3. The molecule has 34 heteroatoms. The zero-order valence-electron chi connectivity index (χ0n) is 55.1. The van der Waals surface area contributed by atoms with Gasteiger partial charge in [0.1, 0.15) is 59.4 Å². The number of nitrogens with one attached hydrogen (secondary N) is 7. The lowest BCUT2D eigenvalue weighted by Crippen LogP contribution is -2.59. The summed E-state index contributed by atoms with van der Waals surface area (Å²) in [7, 11) is 2.62. The lowest BCUT2D eigenvalue weighted by atomic mass is 9.72. The van der Waals surface area contributed by atoms with E-state index in [-0.39, 0.29) is 89.7 Å². The molecular weight excluding hydrogens is 1310 g/mol. The summed E-state index contributed by atoms with van der Waals surface area (Å²) < 4.78 is 17.6. The average molecular weight is 1390 g/mol. The highest BCUT2D eigenvalue weighted by atomic mass is 16.7. The third-order valence-electron chi connectivity index (χ3n) is 17.4. The van der Waals surface area contributed by atoms with Gasteiger partial charge < -0.3 is 103 Å². The van der Waals surface area contributed by atoms with Crippen molar-refractivity contribution >= 4 is 82.5 Å². The number of hydrogen-bond acceptors (Lipinski definition) is 24. The molecule has 2 aliphatic carbocycles. The second-order valence-corrected chi connectivity index (χ2v) is 24.7. The third kappa shape index (κ3) is 17.6. The van der Waals surface area contributed by atoms with Gasteiger partial charge in [-0.15, -0.1) is 0 Å². The highest BCUT2D eigenvalue weighted by Gasteiger charge is 2.51. The van der Waals surface area contributed by atoms with E-state index in [0.717, 1.165) is 11.1 Å². The predicted octanol–water partition coefficient (Wildman–Crippen LogP) is -1.76. The number of nitrogens with zero attached hydrogens (tertiary/aromatic N) is 3. The van der Waals surface area contributed by atoms with Crippen LogP contribution in [0.2, 0.25) is 0 Å². The molecule has 100 heavy (non-hydrogen) atoms. The van der Waals surface area contributed by atoms with Gasteiger partial charge in [-0.3, -0.25) is 63.0 Å². The molecule has 2 aliphatic heterocycles. The number of phenolic OH excluding ortho intramolecular Hbond substituents is 3. The Kier molecular flexibility index (Phi) is 24.6. The van der Waals surface area contributed by atoms with Crippen molar-refractivity contribution in [1.29, 1.82) is 0 Å². The van der Waals surface area contributed by atoms with Gasteiger partial charge in [0.25, 0.3) is 11.8 Å². The molecule has 34 nitrogen and oxygen atoms in total. The number of nitrogens with two attached hydrogens (primary N) is 2. The highest BCUT2D eigenvalue weighted by molar-refractivity contribution is 6.31. The van der Waals surface area contributed by atoms with Crippen LogP contribution in [-0.2, 0) is 65.5 Å². The van der Waals surface area contributed by atoms with E-state index >= 15 is 0 Å². The standard InChI is InChI=1S/C66H80N12O22/c1-30(2)54-63(94)76-38(9-7-19-69-65(67)68)61(92)70-26-46(82)75-39(16-18-48(84)85)62(93)77-41(64(95)78(54)4)21-32-11-14-34(15-12-32)74-47(83)28-98-73-25-33-13-17-42(80)36(20-33)60(91)72-29-71-40-22-49(99-31(3)55(40)86)100-44-24-66(96,45(81)27-79)23-37-51(44)59(90)53-52(57(37)88)56(87)35-8-6-10-43(97-5)50(35)58(53)89/h6,8,10-15,17,20,25,30-31,38-41,44,49,54-55,71,79-80,86,88,90,96H,7,9,16,18-19,21-24,26-29H2,1-5H3,(H,70,92)(H,72,91)(H,74,83)(H,75,82)(H,76,94)(H,77,93)(H,84,85)(H4,67,68,69)/b73-25+/t31-,38-,39-,40-,41?,44-,49-,54?,55+,66-/m0/s1. The van der Waals surface area contributed by atoms with Gasteiger partial charge in [0.15, 0.2) is 30.4 Å². The SMILES string of the molecule is COc1cccc2c1C(=O)c1c(O)c3c(c(O)c1C2=O)C[C@@](O)(C(=O)CO)C[C@@H]3O[C@H]1C[C@H](NCNC(=O)c2cc(/C=N/OCC(=O)Nc3ccc(CC4NC(=O)[C@H](CCC(=O)O)NC(=O)CNC(=O)[C@H](CCCN=C(N)N)NC(=O)C(C(C)C)N(C)C4=O)cc3)ccc2O)[C@H](O)[C@H](C)O1. The molecule has 7 amide bonds. The quantitative estimate of drug-likeness (QED) is 0.00813. The van der Waals surface area contributed by atoms with E-state index in [1.807, 2.05) is 0 Å². The lowest BCUT2D eigenvalue weighted by molar-refractivity contribution is -0.249. The molecule has 4 aromatic rings. The summed E-state index contributed by atoms with van der Waals surface area (Å²) in [6, 6.07) is 7.86. The molecule has 2 heterocycles. The Morgan fingerprint density at radius 1 is 0.880 bits per heavy atom. The molecule has 2 saturated heterocycles. The van der Waals surface area contributed by atoms with Gasteiger partial charge in [-0.05, 0) is 79.6 Å². The molecule has 0 spiro atoms. The number of phenols is 3. The first-order chi connectivity index (χ1) is 47.4. The molecule has 536 valence electrons. The van der Waals surface area contributed by atoms with Crippen molar-refractivity contribution in [2.75, 3.05) is 52.4 Å². The van der Waals surface area contributed by atoms with Gasteiger partial charge in [0.05, 0.1) is 67.1 Å². The smallest absolute Gasteiger partial charge is 0.303 e. The number of aliphatic hydroxyl groups is 3. The van der Waals surface area contributed by atoms with Gasteiger partial charge in [-0.25, -0.2) is 0 Å². The van der Waals surface area contributed by atoms with Crippen LogP contribution >= 0.6 is 0 Å². The first-order valence-corrected chi connectivity index (χ1v) is 31.8. The van der Waals surface area contributed by atoms with Crippen molar-refractivity contribution in [3.63, 3.8) is 0 Å². The maximum Gasteiger partial charge on any atom is 0.303 e. The van der Waals surface area contributed by atoms with E-state index in [2.05, 4.69) is 47.4 Å². The zero-order valence-corrected chi connectivity index (χ0v) is 55.1. The average Bonchev–Trinajstić information content (AvgIpc) is 0.712. The van der Waals surface area contributed by atoms with Crippen LogP contribution in [0.1, 0.15) is 130 Å². The van der Waals surface area contributed by atoms with Gasteiger partial charge in [0.2, 0.25) is 35.3 Å². The number of carbonyl (C=O) groups is 11. The normalized spacial score (nSPS) is 23.5. The summed E-state index contributed by atoms with van der Waals surface area (Å²) in [5.74, 6) is -12.4. The van der Waals surface area contributed by atoms with Crippen molar-refractivity contribution in [3.05, 3.63) is 111 Å². The number of anilines is 1. The second kappa shape index (κ2) is 32.8. The Bertz CT molecular complexity index is 3900. The summed E-state index contributed by atoms with van der Waals surface area (Å²) in [5, 5.41) is 98.8. The number of guanidine groups is 1. The molecular formula is C66H80N12O22. The Balaban J connectivity index is 0.875. The summed E-state index contributed by atoms with van der Waals surface area (Å²) in [6.45, 7) is 2.18. The maximum atomic E-state index is 14.5. The zero-order chi connectivity index (χ0) is 73.0. The number of carboxylic acid groups (broad SMARTS) is 1. The Labute approximate surface area is 571 Å². The number of aliphatic hydroxyl groups excluding tert-OH is 2. The van der Waals surface area contributed by atoms with E-state index in [9.17, 15) is 88.5 Å². The van der Waals surface area contributed by atoms with Crippen LogP contribution in [0.3, 0.4) is 0 Å². The monoisotopic (exact) mass is 1390 g/mol. The number of aromatic hydroxyl groups is 3. The number of likely N-dealkylation sites (N-methyl/N-ethyl adjacent to an activating group) is 1. The number of amides is 7. The van der Waals surface area contributed by atoms with Crippen molar-refractivity contribution < 1.29 is 108 Å². The van der Waals surface area contributed by atoms with E-state index in [0.29, 0.717) is 5.56 Å². The summed E-state index contributed by atoms with van der Waals surface area (Å²) >= 11 is 0. The number of methoxy groups -OCH3 is 1. The number of fused-ring (bicyclic) bond motifs is 3. The molecule has 18 N–H and O–H groups in total. The number of carbonyl (C=O) groups excluding carboxylic acids is 10. The predicted molar refractivity (Wildman–Crippen MR) is 350 cm³/mol. The second-order valence-electron chi connectivity index (χ2n) is 24.7. The molecule has 8 rings (SSSR count). The molecule has 2 unspecified atom stereocenters. The number of ether oxygens (including phenoxy) is 3. The molecule has 0 bridgehead atoms. The number of carboxylic acids is 1. The number of ketones is 3. The van der Waals surface area contributed by atoms with Crippen LogP contribution < -0.4 is 53.4 Å². The molecule has 4 aromatic carbocycles. The molecule has 4 aliphatic rings. The molecule has 0 radical (unpaired) electrons. The summed E-state index contributed by atoms with van der Waals surface area (Å²) in [4.78, 5) is 159. The van der Waals surface area contributed by atoms with Crippen LogP contribution in [0.25, 0.3) is 0 Å². The third-order valence-corrected chi connectivity index (χ3v) is 17.4. The number of aliphatic carboxylic acids is 1. The Morgan fingerprint density at radius 3 is 2.26 bits per heavy atom. The number of aliphatic imine (C=N–C) groups is 1. The largest absolute Gasteiger partial charge is 0.507 e. The topological polar surface area (TPSA) is 531 Å². The minimum atomic E-state index is -2.42. The van der Waals surface area contributed by atoms with Gasteiger partial charge in [-0.1, -0.05) is 43.3 Å². The Hall–Kier alpha value is -10.7. The lowest BCUT2D eigenvalue weighted by Gasteiger charge is -2.43. The van der Waals surface area contributed by atoms with Crippen LogP contribution in [0.4, 0.5) is 5.69 Å². The Morgan fingerprint density at radius 2 is 1.58 bits per heavy atom. The minimum absolute atomic E-state index is 0.0129. The van der Waals surface area contributed by atoms with Crippen LogP contribution in [0, 0.1) is 5.92 Å². The first-order valence-electron chi connectivity index (χ1n) is 31.8. The molecule has 0 saturated carbocycles. The number of hydrogen-bond donors (Lipinski definition) is 16. The van der Waals surface area contributed by atoms with Crippen molar-refractivity contribution in [3.8, 4) is 23.0 Å². The van der Waals surface area contributed by atoms with Gasteiger partial charge in [-0.2, -0.15) is 0 Å². The first kappa shape index (κ1) is 75.1. The van der Waals surface area contributed by atoms with E-state index in [1.54, 1.807) is 13.8 Å². The van der Waals surface area contributed by atoms with Crippen LogP contribution in [-0.4, -0.2) is 219 Å². The minimum Gasteiger partial charge on any atom is -0.507 e. The van der Waals surface area contributed by atoms with Crippen molar-refractivity contribution in [1.82, 2.24) is 36.8 Å². The van der Waals surface area contributed by atoms with E-state index in [1.165, 1.54) is 81.7 Å². The molecule has 2 fully saturated rings. The van der Waals surface area contributed by atoms with Crippen molar-refractivity contribution in [2.45, 2.75) is 133 Å². The van der Waals surface area contributed by atoms with Crippen molar-refractivity contribution in [2.24, 2.45) is 27.5 Å². The van der Waals surface area contributed by atoms with E-state index in [4.69, 9.17) is 30.5 Å². The number of benzene rings is 4. The fourth-order valence-corrected chi connectivity index (χ4v) is 12.3.